The van der Waals surface area contributed by atoms with Gasteiger partial charge in [-0.05, 0) is 0 Å². The molecule has 0 rings (SSSR count). The van der Waals surface area contributed by atoms with E-state index in [0.29, 0.717) is 0 Å². The van der Waals surface area contributed by atoms with Gasteiger partial charge in [-0.2, -0.15) is 39.5 Å². The fraction of sp³-hybridized carbons (Fsp3) is 1.00. The van der Waals surface area contributed by atoms with Crippen LogP contribution in [0.1, 0.15) is 0 Å². The SMILES string of the molecule is O=P(O[SiH2]C(F)(F)F)(O[SiH2]C(F)(F)F)O[SiH2]C(F)(F)F. The predicted molar refractivity (Wildman–Crippen MR) is 54.7 cm³/mol. The molecule has 20 heavy (non-hydrogen) atoms. The average molecular weight is 392 g/mol. The van der Waals surface area contributed by atoms with Crippen molar-refractivity contribution in [1.82, 2.24) is 0 Å². The van der Waals surface area contributed by atoms with Gasteiger partial charge in [-0.3, -0.25) is 0 Å². The first kappa shape index (κ1) is 20.1. The van der Waals surface area contributed by atoms with Crippen molar-refractivity contribution in [2.75, 3.05) is 0 Å². The van der Waals surface area contributed by atoms with Crippen LogP contribution in [0.3, 0.4) is 0 Å². The molecule has 4 nitrogen and oxygen atoms in total. The molecule has 17 heteroatoms. The van der Waals surface area contributed by atoms with Crippen molar-refractivity contribution in [2.24, 2.45) is 0 Å². The summed E-state index contributed by atoms with van der Waals surface area (Å²) in [5, 5.41) is 0. The minimum Gasteiger partial charge on any atom is -0.328 e. The fourth-order valence-corrected chi connectivity index (χ4v) is 7.13. The van der Waals surface area contributed by atoms with Crippen LogP contribution in [0, 0.1) is 0 Å². The van der Waals surface area contributed by atoms with E-state index >= 15 is 0 Å². The van der Waals surface area contributed by atoms with Crippen LogP contribution in [0.25, 0.3) is 0 Å². The molecule has 0 fully saturated rings. The number of halogens is 9. The Morgan fingerprint density at radius 3 is 0.950 bits per heavy atom. The lowest BCUT2D eigenvalue weighted by Crippen LogP contribution is -2.27. The maximum Gasteiger partial charge on any atom is 0.444 e. The zero-order chi connectivity index (χ0) is 16.2. The molecule has 0 unspecified atom stereocenters. The van der Waals surface area contributed by atoms with Gasteiger partial charge in [-0.1, -0.05) is 0 Å². The lowest BCUT2D eigenvalue weighted by Gasteiger charge is -2.20. The summed E-state index contributed by atoms with van der Waals surface area (Å²) in [6.45, 7) is 0. The van der Waals surface area contributed by atoms with Gasteiger partial charge in [0.1, 0.15) is 0 Å². The highest BCUT2D eigenvalue weighted by molar-refractivity contribution is 7.51. The van der Waals surface area contributed by atoms with Crippen LogP contribution in [-0.2, 0) is 17.2 Å². The third-order valence-corrected chi connectivity index (χ3v) is 7.48. The van der Waals surface area contributed by atoms with Crippen LogP contribution in [0.4, 0.5) is 39.5 Å². The second-order valence-electron chi connectivity index (χ2n) is 3.11. The topological polar surface area (TPSA) is 44.8 Å². The van der Waals surface area contributed by atoms with Gasteiger partial charge in [0.15, 0.2) is 0 Å². The van der Waals surface area contributed by atoms with E-state index in [1.54, 1.807) is 0 Å². The summed E-state index contributed by atoms with van der Waals surface area (Å²) in [7, 11) is -16.5. The molecular formula is C3H6F9O4PSi3. The molecular weight excluding hydrogens is 386 g/mol. The summed E-state index contributed by atoms with van der Waals surface area (Å²) in [5.74, 6) is -15.0. The maximum atomic E-state index is 11.8. The zero-order valence-electron chi connectivity index (χ0n) is 9.10. The highest BCUT2D eigenvalue weighted by atomic mass is 31.2. The minimum absolute atomic E-state index is 3.58. The molecule has 0 aromatic carbocycles. The van der Waals surface area contributed by atoms with Gasteiger partial charge in [-0.25, -0.2) is 4.57 Å². The van der Waals surface area contributed by atoms with Crippen molar-refractivity contribution in [3.8, 4) is 0 Å². The van der Waals surface area contributed by atoms with Crippen LogP contribution in [0.5, 0.6) is 0 Å². The molecule has 0 atom stereocenters. The van der Waals surface area contributed by atoms with E-state index < -0.39 is 54.5 Å². The summed E-state index contributed by atoms with van der Waals surface area (Å²) in [6.07, 6.45) is 0. The van der Waals surface area contributed by atoms with E-state index in [9.17, 15) is 44.1 Å². The van der Waals surface area contributed by atoms with E-state index in [4.69, 9.17) is 0 Å². The summed E-state index contributed by atoms with van der Waals surface area (Å²) in [5.41, 5.74) is 0. The van der Waals surface area contributed by atoms with E-state index in [0.717, 1.165) is 0 Å². The molecule has 0 aliphatic carbocycles. The van der Waals surface area contributed by atoms with E-state index in [1.807, 2.05) is 0 Å². The quantitative estimate of drug-likeness (QED) is 0.384. The summed E-state index contributed by atoms with van der Waals surface area (Å²) in [6, 6.07) is 0. The van der Waals surface area contributed by atoms with Gasteiger partial charge in [-0.15, -0.1) is 0 Å². The first-order chi connectivity index (χ1) is 8.62. The van der Waals surface area contributed by atoms with Crippen LogP contribution in [0.2, 0.25) is 0 Å². The second-order valence-corrected chi connectivity index (χ2v) is 10.4. The number of alkyl halides is 9. The van der Waals surface area contributed by atoms with Crippen molar-refractivity contribution in [3.63, 3.8) is 0 Å². The molecule has 0 radical (unpaired) electrons. The lowest BCUT2D eigenvalue weighted by atomic mass is 11.5. The lowest BCUT2D eigenvalue weighted by molar-refractivity contribution is -0.0600. The van der Waals surface area contributed by atoms with Crippen molar-refractivity contribution < 1.29 is 56.7 Å². The van der Waals surface area contributed by atoms with Gasteiger partial charge in [0.2, 0.25) is 0 Å². The summed E-state index contributed by atoms with van der Waals surface area (Å²) in [4.78, 5) is 0. The minimum atomic E-state index is -5.48. The zero-order valence-corrected chi connectivity index (χ0v) is 14.2. The Hall–Kier alpha value is 0.131. The van der Waals surface area contributed by atoms with Crippen molar-refractivity contribution in [2.45, 2.75) is 17.4 Å². The number of phosphoric acid groups is 1. The van der Waals surface area contributed by atoms with Crippen LogP contribution < -0.4 is 0 Å². The highest BCUT2D eigenvalue weighted by Gasteiger charge is 2.42. The first-order valence-electron chi connectivity index (χ1n) is 4.36. The Morgan fingerprint density at radius 1 is 0.600 bits per heavy atom. The van der Waals surface area contributed by atoms with E-state index in [2.05, 4.69) is 12.6 Å². The van der Waals surface area contributed by atoms with Gasteiger partial charge in [0.05, 0.1) is 0 Å². The molecule has 0 aromatic heterocycles. The molecule has 0 bridgehead atoms. The Labute approximate surface area is 112 Å². The molecule has 0 N–H and O–H groups in total. The number of hydrogen-bond acceptors (Lipinski definition) is 4. The monoisotopic (exact) mass is 392 g/mol. The van der Waals surface area contributed by atoms with Gasteiger partial charge < -0.3 is 12.6 Å². The van der Waals surface area contributed by atoms with Crippen LogP contribution in [0.15, 0.2) is 0 Å². The smallest absolute Gasteiger partial charge is 0.328 e. The van der Waals surface area contributed by atoms with Gasteiger partial charge in [0, 0.05) is 0 Å². The molecule has 0 spiro atoms. The Kier molecular flexibility index (Phi) is 6.97. The Balaban J connectivity index is 4.71. The standard InChI is InChI=1S/C3H6F9O4PSi3/c4-1(5,6)18-14-17(13,15-19-2(7,8)9)16-20-3(10,11)12/h18-20H2. The van der Waals surface area contributed by atoms with Crippen molar-refractivity contribution >= 4 is 37.1 Å². The molecule has 0 aromatic rings. The maximum absolute atomic E-state index is 11.8. The normalized spacial score (nSPS) is 18.9. The van der Waals surface area contributed by atoms with Gasteiger partial charge in [0.25, 0.3) is 29.3 Å². The first-order valence-corrected chi connectivity index (χ1v) is 9.67. The van der Waals surface area contributed by atoms with Crippen LogP contribution in [-0.4, -0.2) is 46.7 Å². The molecule has 0 aliphatic rings. The third-order valence-electron chi connectivity index (χ3n) is 1.16. The molecule has 0 amide bonds. The number of rotatable bonds is 6. The second kappa shape index (κ2) is 6.93. The third kappa shape index (κ3) is 11.9. The van der Waals surface area contributed by atoms with Crippen molar-refractivity contribution in [3.05, 3.63) is 0 Å². The van der Waals surface area contributed by atoms with Crippen LogP contribution >= 0.6 is 7.82 Å². The number of hydrogen-bond donors (Lipinski definition) is 0. The highest BCUT2D eigenvalue weighted by Crippen LogP contribution is 2.50. The summed E-state index contributed by atoms with van der Waals surface area (Å²) >= 11 is 0. The average Bonchev–Trinajstić information content (AvgIpc) is 2.18. The van der Waals surface area contributed by atoms with E-state index in [-0.39, 0.29) is 0 Å². The van der Waals surface area contributed by atoms with Gasteiger partial charge >= 0.3 is 25.2 Å². The molecule has 122 valence electrons. The Bertz CT molecular complexity index is 300. The Morgan fingerprint density at radius 2 is 0.800 bits per heavy atom. The molecule has 0 saturated carbocycles. The largest absolute Gasteiger partial charge is 0.444 e. The predicted octanol–water partition coefficient (Wildman–Crippen LogP) is 0.955. The molecule has 0 saturated heterocycles. The fourth-order valence-electron chi connectivity index (χ4n) is 0.569. The van der Waals surface area contributed by atoms with E-state index in [1.165, 1.54) is 0 Å². The molecule has 0 heterocycles. The molecule has 0 aliphatic heterocycles. The summed E-state index contributed by atoms with van der Waals surface area (Å²) < 4.78 is 128. The van der Waals surface area contributed by atoms with Crippen molar-refractivity contribution in [1.29, 1.82) is 0 Å².